The second-order valence-electron chi connectivity index (χ2n) is 5.07. The molecule has 0 heterocycles. The lowest BCUT2D eigenvalue weighted by Gasteiger charge is -2.14. The van der Waals surface area contributed by atoms with E-state index in [-0.39, 0.29) is 12.6 Å². The van der Waals surface area contributed by atoms with Crippen LogP contribution in [0.25, 0.3) is 0 Å². The molecule has 1 aromatic carbocycles. The number of carbonyl (C=O) groups excluding carboxylic acids is 1. The highest BCUT2D eigenvalue weighted by Gasteiger charge is 2.17. The molecule has 0 aliphatic heterocycles. The number of urea groups is 1. The van der Waals surface area contributed by atoms with Crippen LogP contribution in [-0.2, 0) is 0 Å². The van der Waals surface area contributed by atoms with Crippen molar-refractivity contribution in [3.05, 3.63) is 29.3 Å². The fourth-order valence-electron chi connectivity index (χ4n) is 2.44. The molecule has 20 heavy (non-hydrogen) atoms. The fraction of sp³-hybridized carbons (Fsp3) is 0.438. The monoisotopic (exact) mass is 272 g/mol. The highest BCUT2D eigenvalue weighted by molar-refractivity contribution is 5.90. The molecule has 1 fully saturated rings. The predicted molar refractivity (Wildman–Crippen MR) is 79.6 cm³/mol. The number of rotatable bonds is 2. The maximum atomic E-state index is 11.9. The first-order valence-corrected chi connectivity index (χ1v) is 6.97. The molecule has 0 aromatic heterocycles. The van der Waals surface area contributed by atoms with Gasteiger partial charge in [-0.1, -0.05) is 24.7 Å². The van der Waals surface area contributed by atoms with Gasteiger partial charge >= 0.3 is 6.03 Å². The van der Waals surface area contributed by atoms with Gasteiger partial charge in [-0.2, -0.15) is 0 Å². The first-order chi connectivity index (χ1) is 9.69. The lowest BCUT2D eigenvalue weighted by atomic mass is 10.1. The Balaban J connectivity index is 1.96. The molecular formula is C16H20N2O2. The first kappa shape index (κ1) is 14.4. The van der Waals surface area contributed by atoms with Crippen molar-refractivity contribution in [3.63, 3.8) is 0 Å². The quantitative estimate of drug-likeness (QED) is 0.724. The van der Waals surface area contributed by atoms with Crippen molar-refractivity contribution in [1.29, 1.82) is 0 Å². The van der Waals surface area contributed by atoms with Gasteiger partial charge in [0.1, 0.15) is 6.61 Å². The minimum absolute atomic E-state index is 0.144. The number of hydrogen-bond donors (Lipinski definition) is 3. The summed E-state index contributed by atoms with van der Waals surface area (Å²) in [6.45, 7) is 1.78. The van der Waals surface area contributed by atoms with Gasteiger partial charge in [0.15, 0.2) is 0 Å². The Labute approximate surface area is 119 Å². The molecule has 2 rings (SSSR count). The third-order valence-electron chi connectivity index (χ3n) is 3.48. The Morgan fingerprint density at radius 2 is 2.15 bits per heavy atom. The van der Waals surface area contributed by atoms with Crippen LogP contribution in [0.15, 0.2) is 18.2 Å². The van der Waals surface area contributed by atoms with Crippen LogP contribution in [0.5, 0.6) is 0 Å². The smallest absolute Gasteiger partial charge is 0.319 e. The normalized spacial score (nSPS) is 14.5. The molecule has 4 nitrogen and oxygen atoms in total. The van der Waals surface area contributed by atoms with Gasteiger partial charge in [0.05, 0.1) is 0 Å². The minimum atomic E-state index is -0.150. The molecule has 3 N–H and O–H groups in total. The summed E-state index contributed by atoms with van der Waals surface area (Å²) in [5.41, 5.74) is 2.57. The Kier molecular flexibility index (Phi) is 5.03. The van der Waals surface area contributed by atoms with Crippen LogP contribution < -0.4 is 10.6 Å². The zero-order valence-corrected chi connectivity index (χ0v) is 11.7. The third kappa shape index (κ3) is 4.01. The van der Waals surface area contributed by atoms with E-state index in [1.807, 2.05) is 25.1 Å². The van der Waals surface area contributed by atoms with Gasteiger partial charge in [0, 0.05) is 17.3 Å². The zero-order valence-electron chi connectivity index (χ0n) is 11.7. The van der Waals surface area contributed by atoms with Crippen molar-refractivity contribution in [2.45, 2.75) is 38.6 Å². The maximum Gasteiger partial charge on any atom is 0.319 e. The van der Waals surface area contributed by atoms with E-state index in [1.54, 1.807) is 0 Å². The molecular weight excluding hydrogens is 252 g/mol. The Morgan fingerprint density at radius 3 is 2.80 bits per heavy atom. The number of amides is 2. The number of carbonyl (C=O) groups is 1. The summed E-state index contributed by atoms with van der Waals surface area (Å²) in [7, 11) is 0. The van der Waals surface area contributed by atoms with E-state index in [0.717, 1.165) is 29.7 Å². The topological polar surface area (TPSA) is 61.4 Å². The molecule has 1 aromatic rings. The molecule has 0 spiro atoms. The van der Waals surface area contributed by atoms with Crippen molar-refractivity contribution >= 4 is 11.7 Å². The number of hydrogen-bond acceptors (Lipinski definition) is 2. The molecule has 4 heteroatoms. The third-order valence-corrected chi connectivity index (χ3v) is 3.48. The van der Waals surface area contributed by atoms with Crippen LogP contribution in [0, 0.1) is 18.8 Å². The van der Waals surface area contributed by atoms with Gasteiger partial charge in [-0.05, 0) is 43.5 Å². The van der Waals surface area contributed by atoms with E-state index in [4.69, 9.17) is 5.11 Å². The second-order valence-corrected chi connectivity index (χ2v) is 5.07. The average Bonchev–Trinajstić information content (AvgIpc) is 2.92. The van der Waals surface area contributed by atoms with Crippen LogP contribution in [0.4, 0.5) is 10.5 Å². The van der Waals surface area contributed by atoms with Crippen molar-refractivity contribution in [2.24, 2.45) is 0 Å². The van der Waals surface area contributed by atoms with Crippen LogP contribution in [0.1, 0.15) is 36.8 Å². The first-order valence-electron chi connectivity index (χ1n) is 6.97. The Morgan fingerprint density at radius 1 is 1.40 bits per heavy atom. The average molecular weight is 272 g/mol. The summed E-state index contributed by atoms with van der Waals surface area (Å²) in [5.74, 6) is 5.45. The van der Waals surface area contributed by atoms with Gasteiger partial charge in [-0.3, -0.25) is 0 Å². The number of nitrogens with one attached hydrogen (secondary N) is 2. The van der Waals surface area contributed by atoms with Crippen molar-refractivity contribution in [3.8, 4) is 11.8 Å². The second kappa shape index (κ2) is 6.97. The molecule has 0 radical (unpaired) electrons. The van der Waals surface area contributed by atoms with E-state index in [1.165, 1.54) is 12.8 Å². The van der Waals surface area contributed by atoms with Crippen molar-refractivity contribution in [1.82, 2.24) is 5.32 Å². The van der Waals surface area contributed by atoms with Crippen LogP contribution in [0.3, 0.4) is 0 Å². The summed E-state index contributed by atoms with van der Waals surface area (Å²) >= 11 is 0. The van der Waals surface area contributed by atoms with Gasteiger partial charge in [0.25, 0.3) is 0 Å². The molecule has 0 bridgehead atoms. The summed E-state index contributed by atoms with van der Waals surface area (Å²) in [5, 5.41) is 14.5. The standard InChI is InChI=1S/C16H20N2O2/c1-12-11-13(5-4-10-19)8-9-15(12)18-16(20)17-14-6-2-3-7-14/h8-9,11,14,19H,2-3,6-7,10H2,1H3,(H2,17,18,20). The van der Waals surface area contributed by atoms with Crippen molar-refractivity contribution in [2.75, 3.05) is 11.9 Å². The summed E-state index contributed by atoms with van der Waals surface area (Å²) in [6, 6.07) is 5.73. The highest BCUT2D eigenvalue weighted by atomic mass is 16.2. The van der Waals surface area contributed by atoms with E-state index < -0.39 is 0 Å². The lowest BCUT2D eigenvalue weighted by molar-refractivity contribution is 0.248. The van der Waals surface area contributed by atoms with E-state index in [9.17, 15) is 4.79 Å². The van der Waals surface area contributed by atoms with Crippen LogP contribution in [0.2, 0.25) is 0 Å². The van der Waals surface area contributed by atoms with Crippen LogP contribution in [-0.4, -0.2) is 23.8 Å². The number of aliphatic hydroxyl groups excluding tert-OH is 1. The zero-order chi connectivity index (χ0) is 14.4. The molecule has 2 amide bonds. The molecule has 1 aliphatic rings. The van der Waals surface area contributed by atoms with Crippen LogP contribution >= 0.6 is 0 Å². The Bertz CT molecular complexity index is 537. The number of benzene rings is 1. The lowest BCUT2D eigenvalue weighted by Crippen LogP contribution is -2.36. The molecule has 0 saturated heterocycles. The predicted octanol–water partition coefficient (Wildman–Crippen LogP) is 2.40. The summed E-state index contributed by atoms with van der Waals surface area (Å²) < 4.78 is 0. The molecule has 0 unspecified atom stereocenters. The molecule has 1 saturated carbocycles. The summed E-state index contributed by atoms with van der Waals surface area (Å²) in [4.78, 5) is 11.9. The number of aliphatic hydroxyl groups is 1. The largest absolute Gasteiger partial charge is 0.384 e. The fourth-order valence-corrected chi connectivity index (χ4v) is 2.44. The molecule has 0 atom stereocenters. The molecule has 1 aliphatic carbocycles. The minimum Gasteiger partial charge on any atom is -0.384 e. The van der Waals surface area contributed by atoms with Gasteiger partial charge < -0.3 is 15.7 Å². The summed E-state index contributed by atoms with van der Waals surface area (Å²) in [6.07, 6.45) is 4.54. The van der Waals surface area contributed by atoms with Gasteiger partial charge in [0.2, 0.25) is 0 Å². The van der Waals surface area contributed by atoms with Crippen molar-refractivity contribution < 1.29 is 9.90 Å². The number of aryl methyl sites for hydroxylation is 1. The maximum absolute atomic E-state index is 11.9. The number of anilines is 1. The highest BCUT2D eigenvalue weighted by Crippen LogP contribution is 2.19. The van der Waals surface area contributed by atoms with E-state index in [2.05, 4.69) is 22.5 Å². The molecule has 106 valence electrons. The van der Waals surface area contributed by atoms with Gasteiger partial charge in [-0.25, -0.2) is 4.79 Å². The van der Waals surface area contributed by atoms with E-state index in [0.29, 0.717) is 6.04 Å². The van der Waals surface area contributed by atoms with Gasteiger partial charge in [-0.15, -0.1) is 0 Å². The Hall–Kier alpha value is -1.99. The van der Waals surface area contributed by atoms with E-state index >= 15 is 0 Å². The SMILES string of the molecule is Cc1cc(C#CCO)ccc1NC(=O)NC1CCCC1.